The summed E-state index contributed by atoms with van der Waals surface area (Å²) in [5.41, 5.74) is 1.70. The number of pyridine rings is 1. The van der Waals surface area contributed by atoms with Crippen molar-refractivity contribution in [3.05, 3.63) is 46.4 Å². The summed E-state index contributed by atoms with van der Waals surface area (Å²) in [5.74, 6) is -0.336. The molecule has 1 aromatic heterocycles. The van der Waals surface area contributed by atoms with Crippen molar-refractivity contribution in [2.45, 2.75) is 18.3 Å². The monoisotopic (exact) mass is 375 g/mol. The van der Waals surface area contributed by atoms with Crippen molar-refractivity contribution in [3.63, 3.8) is 0 Å². The number of aliphatic hydroxyl groups is 1. The van der Waals surface area contributed by atoms with Gasteiger partial charge in [-0.3, -0.25) is 4.79 Å². The van der Waals surface area contributed by atoms with E-state index in [9.17, 15) is 4.79 Å². The molecule has 4 rings (SSSR count). The van der Waals surface area contributed by atoms with Crippen LogP contribution in [0.2, 0.25) is 5.02 Å². The number of hydrogen-bond acceptors (Lipinski definition) is 4. The molecule has 2 heterocycles. The lowest BCUT2D eigenvalue weighted by Gasteiger charge is -2.18. The smallest absolute Gasteiger partial charge is 0.256 e. The van der Waals surface area contributed by atoms with Gasteiger partial charge in [-0.2, -0.15) is 0 Å². The molecule has 0 bridgehead atoms. The van der Waals surface area contributed by atoms with Gasteiger partial charge in [0.25, 0.3) is 5.91 Å². The number of benzene rings is 1. The number of aromatic nitrogens is 1. The summed E-state index contributed by atoms with van der Waals surface area (Å²) in [6.07, 6.45) is 3.65. The van der Waals surface area contributed by atoms with Gasteiger partial charge >= 0.3 is 0 Å². The van der Waals surface area contributed by atoms with Crippen LogP contribution in [0.1, 0.15) is 28.8 Å². The van der Waals surface area contributed by atoms with Gasteiger partial charge in [0.2, 0.25) is 0 Å². The number of anilines is 1. The Morgan fingerprint density at radius 2 is 2.19 bits per heavy atom. The quantitative estimate of drug-likeness (QED) is 0.862. The van der Waals surface area contributed by atoms with E-state index in [2.05, 4.69) is 10.3 Å². The maximum absolute atomic E-state index is 15.1. The molecule has 26 heavy (non-hydrogen) atoms. The van der Waals surface area contributed by atoms with Gasteiger partial charge in [0.1, 0.15) is 11.6 Å². The molecule has 2 aliphatic rings. The first kappa shape index (κ1) is 17.2. The third kappa shape index (κ3) is 2.56. The van der Waals surface area contributed by atoms with Gasteiger partial charge < -0.3 is 15.3 Å². The molecule has 1 fully saturated rings. The predicted molar refractivity (Wildman–Crippen MR) is 98.1 cm³/mol. The van der Waals surface area contributed by atoms with E-state index in [0.717, 1.165) is 30.8 Å². The van der Waals surface area contributed by atoms with Gasteiger partial charge in [-0.1, -0.05) is 23.7 Å². The second-order valence-corrected chi connectivity index (χ2v) is 7.34. The van der Waals surface area contributed by atoms with Gasteiger partial charge in [0.15, 0.2) is 0 Å². The molecule has 7 heteroatoms. The van der Waals surface area contributed by atoms with Crippen molar-refractivity contribution in [3.8, 4) is 11.1 Å². The largest absolute Gasteiger partial charge is 0.395 e. The zero-order valence-corrected chi connectivity index (χ0v) is 15.1. The molecule has 136 valence electrons. The van der Waals surface area contributed by atoms with Gasteiger partial charge in [-0.15, -0.1) is 0 Å². The van der Waals surface area contributed by atoms with E-state index < -0.39 is 11.7 Å². The number of halogens is 2. The Bertz CT molecular complexity index is 899. The van der Waals surface area contributed by atoms with E-state index >= 15 is 4.39 Å². The fourth-order valence-corrected chi connectivity index (χ4v) is 4.02. The number of carbonyl (C=O) groups is 1. The topological polar surface area (TPSA) is 65.5 Å². The predicted octanol–water partition coefficient (Wildman–Crippen LogP) is 3.06. The highest BCUT2D eigenvalue weighted by Gasteiger charge is 2.51. The Morgan fingerprint density at radius 1 is 1.42 bits per heavy atom. The lowest BCUT2D eigenvalue weighted by molar-refractivity contribution is 0.0762. The van der Waals surface area contributed by atoms with E-state index in [4.69, 9.17) is 16.7 Å². The average molecular weight is 376 g/mol. The maximum atomic E-state index is 15.1. The number of hydrogen-bond donors (Lipinski definition) is 2. The summed E-state index contributed by atoms with van der Waals surface area (Å²) in [4.78, 5) is 18.1. The van der Waals surface area contributed by atoms with Crippen LogP contribution in [-0.4, -0.2) is 47.6 Å². The second kappa shape index (κ2) is 6.21. The van der Waals surface area contributed by atoms with Crippen molar-refractivity contribution in [2.24, 2.45) is 0 Å². The van der Waals surface area contributed by atoms with E-state index in [-0.39, 0.29) is 29.7 Å². The Labute approximate surface area is 155 Å². The standard InChI is InChI=1S/C19H19ClFN3O2/c1-24(7-8-25)18(26)12-4-2-3-11(16(12)21)13-9-22-17-14(15(13)20)19(5-6-19)10-23-17/h2-4,9,25H,5-8,10H2,1H3,(H,22,23). The number of nitrogens with zero attached hydrogens (tertiary/aromatic N) is 2. The first-order chi connectivity index (χ1) is 12.5. The van der Waals surface area contributed by atoms with Crippen LogP contribution in [-0.2, 0) is 5.41 Å². The third-order valence-electron chi connectivity index (χ3n) is 5.30. The molecule has 0 saturated heterocycles. The fraction of sp³-hybridized carbons (Fsp3) is 0.368. The van der Waals surface area contributed by atoms with Crippen LogP contribution in [0.25, 0.3) is 11.1 Å². The SMILES string of the molecule is CN(CCO)C(=O)c1cccc(-c2cnc3c(c2Cl)C2(CC2)CN3)c1F. The zero-order chi connectivity index (χ0) is 18.5. The molecule has 1 aromatic carbocycles. The lowest BCUT2D eigenvalue weighted by atomic mass is 9.95. The second-order valence-electron chi connectivity index (χ2n) is 6.96. The molecule has 0 radical (unpaired) electrons. The van der Waals surface area contributed by atoms with Crippen LogP contribution in [0.15, 0.2) is 24.4 Å². The van der Waals surface area contributed by atoms with E-state index in [1.807, 2.05) is 0 Å². The number of amides is 1. The molecule has 2 aromatic rings. The van der Waals surface area contributed by atoms with Crippen LogP contribution in [0.4, 0.5) is 10.2 Å². The molecule has 1 spiro atoms. The number of likely N-dealkylation sites (N-methyl/N-ethyl adjacent to an activating group) is 1. The molecule has 5 nitrogen and oxygen atoms in total. The van der Waals surface area contributed by atoms with Gasteiger partial charge in [0.05, 0.1) is 17.2 Å². The Kier molecular flexibility index (Phi) is 4.12. The Hall–Kier alpha value is -2.18. The summed E-state index contributed by atoms with van der Waals surface area (Å²) >= 11 is 6.65. The van der Waals surface area contributed by atoms with Gasteiger partial charge in [0, 0.05) is 48.4 Å². The summed E-state index contributed by atoms with van der Waals surface area (Å²) in [5, 5.41) is 12.8. The summed E-state index contributed by atoms with van der Waals surface area (Å²) in [6.45, 7) is 0.766. The first-order valence-electron chi connectivity index (χ1n) is 8.56. The Balaban J connectivity index is 1.79. The number of fused-ring (bicyclic) bond motifs is 2. The van der Waals surface area contributed by atoms with Crippen LogP contribution < -0.4 is 5.32 Å². The number of rotatable bonds is 4. The van der Waals surface area contributed by atoms with Crippen LogP contribution in [0.5, 0.6) is 0 Å². The molecular weight excluding hydrogens is 357 g/mol. The van der Waals surface area contributed by atoms with E-state index in [0.29, 0.717) is 10.6 Å². The van der Waals surface area contributed by atoms with Crippen molar-refractivity contribution in [1.29, 1.82) is 0 Å². The first-order valence-corrected chi connectivity index (χ1v) is 8.94. The minimum Gasteiger partial charge on any atom is -0.395 e. The molecular formula is C19H19ClFN3O2. The van der Waals surface area contributed by atoms with Gasteiger partial charge in [-0.05, 0) is 18.9 Å². The molecule has 1 amide bonds. The highest BCUT2D eigenvalue weighted by Crippen LogP contribution is 2.57. The molecule has 1 aliphatic carbocycles. The van der Waals surface area contributed by atoms with Gasteiger partial charge in [-0.25, -0.2) is 9.37 Å². The molecule has 2 N–H and O–H groups in total. The molecule has 1 aliphatic heterocycles. The van der Waals surface area contributed by atoms with Crippen molar-refractivity contribution in [2.75, 3.05) is 32.1 Å². The number of carbonyl (C=O) groups excluding carboxylic acids is 1. The Morgan fingerprint density at radius 3 is 2.88 bits per heavy atom. The lowest BCUT2D eigenvalue weighted by Crippen LogP contribution is -2.30. The minimum absolute atomic E-state index is 0.0284. The van der Waals surface area contributed by atoms with Crippen LogP contribution in [0.3, 0.4) is 0 Å². The molecule has 1 saturated carbocycles. The third-order valence-corrected chi connectivity index (χ3v) is 5.69. The van der Waals surface area contributed by atoms with E-state index in [1.165, 1.54) is 18.0 Å². The zero-order valence-electron chi connectivity index (χ0n) is 14.4. The average Bonchev–Trinajstić information content (AvgIpc) is 3.30. The normalized spacial score (nSPS) is 16.3. The highest BCUT2D eigenvalue weighted by atomic mass is 35.5. The summed E-state index contributed by atoms with van der Waals surface area (Å²) in [7, 11) is 1.52. The van der Waals surface area contributed by atoms with Crippen molar-refractivity contribution >= 4 is 23.3 Å². The number of aliphatic hydroxyl groups excluding tert-OH is 1. The number of nitrogens with one attached hydrogen (secondary N) is 1. The van der Waals surface area contributed by atoms with Crippen molar-refractivity contribution < 1.29 is 14.3 Å². The minimum atomic E-state index is -0.623. The fourth-order valence-electron chi connectivity index (χ4n) is 3.58. The molecule has 0 atom stereocenters. The summed E-state index contributed by atoms with van der Waals surface area (Å²) in [6, 6.07) is 4.68. The summed E-state index contributed by atoms with van der Waals surface area (Å²) < 4.78 is 15.1. The van der Waals surface area contributed by atoms with Crippen LogP contribution >= 0.6 is 11.6 Å². The highest BCUT2D eigenvalue weighted by molar-refractivity contribution is 6.34. The van der Waals surface area contributed by atoms with Crippen LogP contribution in [0, 0.1) is 5.82 Å². The van der Waals surface area contributed by atoms with E-state index in [1.54, 1.807) is 18.3 Å². The van der Waals surface area contributed by atoms with Crippen molar-refractivity contribution in [1.82, 2.24) is 9.88 Å². The molecule has 0 unspecified atom stereocenters. The maximum Gasteiger partial charge on any atom is 0.256 e.